The van der Waals surface area contributed by atoms with Gasteiger partial charge in [0.2, 0.25) is 16.0 Å². The number of aromatic nitrogens is 2. The van der Waals surface area contributed by atoms with E-state index in [1.807, 2.05) is 13.8 Å². The number of sulfonamides is 1. The van der Waals surface area contributed by atoms with Crippen LogP contribution in [0.15, 0.2) is 30.3 Å². The van der Waals surface area contributed by atoms with Gasteiger partial charge in [-0.15, -0.1) is 0 Å². The topological polar surface area (TPSA) is 147 Å². The molecule has 182 valence electrons. The lowest BCUT2D eigenvalue weighted by Crippen LogP contribution is -2.30. The molecule has 11 heteroatoms. The number of hydrogen-bond acceptors (Lipinski definition) is 8. The molecule has 0 saturated carbocycles. The lowest BCUT2D eigenvalue weighted by molar-refractivity contribution is -0.486. The fourth-order valence-electron chi connectivity index (χ4n) is 3.09. The molecular weight excluding hydrogens is 453 g/mol. The molecule has 0 aliphatic carbocycles. The van der Waals surface area contributed by atoms with Crippen LogP contribution in [0.4, 0.5) is 10.3 Å². The van der Waals surface area contributed by atoms with Gasteiger partial charge in [0.15, 0.2) is 0 Å². The van der Waals surface area contributed by atoms with Crippen molar-refractivity contribution in [3.63, 3.8) is 0 Å². The molecule has 0 amide bonds. The van der Waals surface area contributed by atoms with Crippen molar-refractivity contribution in [3.8, 4) is 11.3 Å². The van der Waals surface area contributed by atoms with E-state index in [-0.39, 0.29) is 18.3 Å². The average Bonchev–Trinajstić information content (AvgIpc) is 2.70. The summed E-state index contributed by atoms with van der Waals surface area (Å²) in [6, 6.07) is 5.50. The number of hydrogen-bond donors (Lipinski definition) is 3. The van der Waals surface area contributed by atoms with E-state index >= 15 is 0 Å². The third kappa shape index (κ3) is 7.54. The number of rotatable bonds is 10. The molecule has 0 aliphatic rings. The molecular formula is C22H29FN3O6S-. The molecule has 1 aromatic heterocycles. The first-order valence-corrected chi connectivity index (χ1v) is 12.1. The predicted octanol–water partition coefficient (Wildman–Crippen LogP) is 0.996. The molecule has 0 spiro atoms. The Balaban J connectivity index is 2.60. The summed E-state index contributed by atoms with van der Waals surface area (Å²) in [5.74, 6) is -0.678. The Morgan fingerprint density at radius 2 is 1.73 bits per heavy atom. The van der Waals surface area contributed by atoms with Crippen LogP contribution in [-0.2, 0) is 10.0 Å². The molecule has 2 unspecified atom stereocenters. The van der Waals surface area contributed by atoms with Crippen molar-refractivity contribution in [2.75, 3.05) is 17.6 Å². The second kappa shape index (κ2) is 11.1. The van der Waals surface area contributed by atoms with Crippen molar-refractivity contribution >= 4 is 22.0 Å². The Kier molecular flexibility index (Phi) is 9.04. The summed E-state index contributed by atoms with van der Waals surface area (Å²) in [5.41, 5.74) is 1.82. The van der Waals surface area contributed by atoms with E-state index in [1.165, 1.54) is 37.4 Å². The maximum atomic E-state index is 13.5. The summed E-state index contributed by atoms with van der Waals surface area (Å²) >= 11 is 0. The highest BCUT2D eigenvalue weighted by Crippen LogP contribution is 2.31. The van der Waals surface area contributed by atoms with Crippen molar-refractivity contribution < 1.29 is 33.2 Å². The Labute approximate surface area is 192 Å². The van der Waals surface area contributed by atoms with Crippen LogP contribution in [-0.4, -0.2) is 65.5 Å². The highest BCUT2D eigenvalue weighted by Gasteiger charge is 2.22. The van der Waals surface area contributed by atoms with E-state index in [0.717, 1.165) is 10.6 Å². The maximum absolute atomic E-state index is 13.5. The molecule has 2 aromatic rings. The van der Waals surface area contributed by atoms with Crippen molar-refractivity contribution in [2.24, 2.45) is 0 Å². The van der Waals surface area contributed by atoms with Crippen molar-refractivity contribution in [1.29, 1.82) is 0 Å². The second-order valence-electron chi connectivity index (χ2n) is 8.07. The maximum Gasteiger partial charge on any atom is 0.239 e. The number of nitrogens with zero attached hydrogens (tertiary/aromatic N) is 3. The van der Waals surface area contributed by atoms with Crippen LogP contribution >= 0.6 is 0 Å². The van der Waals surface area contributed by atoms with Gasteiger partial charge >= 0.3 is 0 Å². The lowest BCUT2D eigenvalue weighted by Gasteiger charge is -2.21. The van der Waals surface area contributed by atoms with E-state index in [4.69, 9.17) is 5.11 Å². The van der Waals surface area contributed by atoms with Gasteiger partial charge in [-0.1, -0.05) is 26.0 Å². The SMILES string of the molecule is CC(C)c1nc(N(C)S(C)(=O)=O)nc(-c2ccc(F)cc2)c1/C=C/C(O)C[C@@H](O)CC([O-])O. The molecule has 1 aromatic carbocycles. The summed E-state index contributed by atoms with van der Waals surface area (Å²) in [7, 11) is -2.32. The number of aliphatic hydroxyl groups is 3. The van der Waals surface area contributed by atoms with Gasteiger partial charge in [0.05, 0.1) is 29.9 Å². The van der Waals surface area contributed by atoms with Crippen molar-refractivity contribution in [2.45, 2.75) is 51.1 Å². The Morgan fingerprint density at radius 1 is 1.12 bits per heavy atom. The molecule has 9 nitrogen and oxygen atoms in total. The third-order valence-corrected chi connectivity index (χ3v) is 6.04. The molecule has 0 bridgehead atoms. The molecule has 1 heterocycles. The van der Waals surface area contributed by atoms with Crippen LogP contribution in [0.2, 0.25) is 0 Å². The van der Waals surface area contributed by atoms with Gasteiger partial charge < -0.3 is 20.4 Å². The molecule has 0 radical (unpaired) electrons. The zero-order valence-corrected chi connectivity index (χ0v) is 19.7. The van der Waals surface area contributed by atoms with Crippen LogP contribution in [0.5, 0.6) is 0 Å². The minimum absolute atomic E-state index is 0.0573. The largest absolute Gasteiger partial charge is 0.831 e. The van der Waals surface area contributed by atoms with Gasteiger partial charge in [-0.2, -0.15) is 0 Å². The average molecular weight is 483 g/mol. The zero-order chi connectivity index (χ0) is 24.9. The number of halogens is 1. The predicted molar refractivity (Wildman–Crippen MR) is 121 cm³/mol. The highest BCUT2D eigenvalue weighted by molar-refractivity contribution is 7.92. The van der Waals surface area contributed by atoms with Gasteiger partial charge in [0, 0.05) is 24.6 Å². The quantitative estimate of drug-likeness (QED) is 0.425. The van der Waals surface area contributed by atoms with Crippen LogP contribution < -0.4 is 9.41 Å². The minimum atomic E-state index is -3.65. The van der Waals surface area contributed by atoms with Gasteiger partial charge in [-0.25, -0.2) is 27.1 Å². The fourth-order valence-corrected chi connectivity index (χ4v) is 3.47. The normalized spacial score (nSPS) is 15.1. The van der Waals surface area contributed by atoms with Gasteiger partial charge in [0.25, 0.3) is 0 Å². The highest BCUT2D eigenvalue weighted by atomic mass is 32.2. The first kappa shape index (κ1) is 26.8. The second-order valence-corrected chi connectivity index (χ2v) is 10.1. The van der Waals surface area contributed by atoms with Crippen LogP contribution in [0.3, 0.4) is 0 Å². The summed E-state index contributed by atoms with van der Waals surface area (Å²) in [5, 5.41) is 39.7. The van der Waals surface area contributed by atoms with Crippen LogP contribution in [0.25, 0.3) is 17.3 Å². The van der Waals surface area contributed by atoms with Crippen molar-refractivity contribution in [3.05, 3.63) is 47.4 Å². The zero-order valence-electron chi connectivity index (χ0n) is 18.9. The third-order valence-electron chi connectivity index (χ3n) is 4.88. The smallest absolute Gasteiger partial charge is 0.239 e. The Bertz CT molecular complexity index is 1070. The Hall–Kier alpha value is -2.44. The van der Waals surface area contributed by atoms with E-state index in [1.54, 1.807) is 6.08 Å². The first-order chi connectivity index (χ1) is 15.3. The van der Waals surface area contributed by atoms with E-state index in [2.05, 4.69) is 9.97 Å². The lowest BCUT2D eigenvalue weighted by atomic mass is 9.97. The molecule has 0 saturated heterocycles. The van der Waals surface area contributed by atoms with Gasteiger partial charge in [-0.3, -0.25) is 0 Å². The molecule has 3 atom stereocenters. The Morgan fingerprint density at radius 3 is 2.24 bits per heavy atom. The number of aliphatic hydroxyl groups excluding tert-OH is 3. The van der Waals surface area contributed by atoms with Gasteiger partial charge in [0.1, 0.15) is 5.82 Å². The van der Waals surface area contributed by atoms with E-state index in [0.29, 0.717) is 22.5 Å². The van der Waals surface area contributed by atoms with Gasteiger partial charge in [-0.05, 0) is 42.9 Å². The molecule has 33 heavy (non-hydrogen) atoms. The van der Waals surface area contributed by atoms with Crippen LogP contribution in [0.1, 0.15) is 43.9 Å². The number of benzene rings is 1. The molecule has 3 N–H and O–H groups in total. The van der Waals surface area contributed by atoms with E-state index in [9.17, 15) is 28.1 Å². The molecule has 0 fully saturated rings. The summed E-state index contributed by atoms with van der Waals surface area (Å²) in [4.78, 5) is 8.84. The summed E-state index contributed by atoms with van der Waals surface area (Å²) in [6.07, 6.45) is -0.911. The van der Waals surface area contributed by atoms with E-state index < -0.39 is 40.8 Å². The monoisotopic (exact) mass is 482 g/mol. The molecule has 2 rings (SSSR count). The van der Waals surface area contributed by atoms with Crippen molar-refractivity contribution in [1.82, 2.24) is 9.97 Å². The fraction of sp³-hybridized carbons (Fsp3) is 0.455. The van der Waals surface area contributed by atoms with Crippen LogP contribution in [0, 0.1) is 5.82 Å². The molecule has 0 aliphatic heterocycles. The summed E-state index contributed by atoms with van der Waals surface area (Å²) in [6.45, 7) is 3.71. The standard InChI is InChI=1S/C22H29FN3O6S/c1-13(2)20-18(10-9-16(27)11-17(28)12-19(29)30)21(14-5-7-15(23)8-6-14)25-22(24-20)26(3)33(4,31)32/h5-10,13,16-17,19,27-29H,11-12H2,1-4H3/q-1/b10-9+/t16?,17-,19?/m1/s1. The first-order valence-electron chi connectivity index (χ1n) is 10.3. The number of anilines is 1. The minimum Gasteiger partial charge on any atom is -0.831 e. The summed E-state index contributed by atoms with van der Waals surface area (Å²) < 4.78 is 38.6.